The molecule has 1 aliphatic rings. The summed E-state index contributed by atoms with van der Waals surface area (Å²) in [6, 6.07) is 4.96. The molecule has 0 saturated heterocycles. The first kappa shape index (κ1) is 11.9. The number of carbonyl (C=O) groups is 1. The molecule has 2 rings (SSSR count). The largest absolute Gasteiger partial charge is 0.329 e. The van der Waals surface area contributed by atoms with Crippen LogP contribution in [0.15, 0.2) is 18.2 Å². The molecule has 0 atom stereocenters. The molecule has 1 aromatic rings. The van der Waals surface area contributed by atoms with Gasteiger partial charge in [-0.3, -0.25) is 4.79 Å². The summed E-state index contributed by atoms with van der Waals surface area (Å²) in [5, 5.41) is 0.980. The minimum Gasteiger partial charge on any atom is -0.329 e. The van der Waals surface area contributed by atoms with Crippen LogP contribution < -0.4 is 5.73 Å². The zero-order chi connectivity index (χ0) is 11.8. The van der Waals surface area contributed by atoms with Crippen molar-refractivity contribution in [1.82, 2.24) is 0 Å². The van der Waals surface area contributed by atoms with E-state index in [9.17, 15) is 4.79 Å². The molecule has 4 heteroatoms. The normalized spacial score (nSPS) is 17.9. The fraction of sp³-hybridized carbons (Fsp3) is 0.417. The van der Waals surface area contributed by atoms with Gasteiger partial charge in [-0.05, 0) is 31.0 Å². The van der Waals surface area contributed by atoms with Gasteiger partial charge in [-0.2, -0.15) is 0 Å². The molecule has 16 heavy (non-hydrogen) atoms. The molecule has 0 aliphatic heterocycles. The van der Waals surface area contributed by atoms with Gasteiger partial charge in [0.2, 0.25) is 0 Å². The summed E-state index contributed by atoms with van der Waals surface area (Å²) in [6.07, 6.45) is 2.76. The first-order valence-corrected chi connectivity index (χ1v) is 6.04. The van der Waals surface area contributed by atoms with Gasteiger partial charge in [-0.15, -0.1) is 0 Å². The van der Waals surface area contributed by atoms with E-state index >= 15 is 0 Å². The number of rotatable bonds is 3. The van der Waals surface area contributed by atoms with E-state index in [1.165, 1.54) is 0 Å². The Morgan fingerprint density at radius 2 is 2.06 bits per heavy atom. The van der Waals surface area contributed by atoms with Gasteiger partial charge < -0.3 is 5.73 Å². The van der Waals surface area contributed by atoms with E-state index in [1.54, 1.807) is 18.2 Å². The van der Waals surface area contributed by atoms with Gasteiger partial charge in [0.25, 0.3) is 0 Å². The minimum absolute atomic E-state index is 0.0359. The number of halogens is 2. The summed E-state index contributed by atoms with van der Waals surface area (Å²) in [4.78, 5) is 12.3. The van der Waals surface area contributed by atoms with Crippen molar-refractivity contribution in [2.45, 2.75) is 19.3 Å². The van der Waals surface area contributed by atoms with Crippen molar-refractivity contribution >= 4 is 29.0 Å². The predicted octanol–water partition coefficient (Wildman–Crippen LogP) is 3.31. The summed E-state index contributed by atoms with van der Waals surface area (Å²) < 4.78 is 0. The molecule has 1 saturated carbocycles. The van der Waals surface area contributed by atoms with Crippen LogP contribution in [0, 0.1) is 5.41 Å². The van der Waals surface area contributed by atoms with Crippen LogP contribution in [0.2, 0.25) is 10.0 Å². The maximum Gasteiger partial charge on any atom is 0.171 e. The van der Waals surface area contributed by atoms with Crippen LogP contribution in [0.3, 0.4) is 0 Å². The average Bonchev–Trinajstić information content (AvgIpc) is 2.21. The van der Waals surface area contributed by atoms with Gasteiger partial charge in [0.05, 0.1) is 5.02 Å². The first-order valence-electron chi connectivity index (χ1n) is 5.29. The van der Waals surface area contributed by atoms with Crippen molar-refractivity contribution in [3.8, 4) is 0 Å². The fourth-order valence-corrected chi connectivity index (χ4v) is 2.46. The SMILES string of the molecule is NCC1(C(=O)c2cc(Cl)ccc2Cl)CCC1. The highest BCUT2D eigenvalue weighted by Crippen LogP contribution is 2.43. The van der Waals surface area contributed by atoms with Crippen LogP contribution in [-0.2, 0) is 0 Å². The van der Waals surface area contributed by atoms with Gasteiger partial charge in [-0.1, -0.05) is 29.6 Å². The third kappa shape index (κ3) is 1.86. The molecule has 0 aromatic heterocycles. The topological polar surface area (TPSA) is 43.1 Å². The smallest absolute Gasteiger partial charge is 0.171 e. The maximum absolute atomic E-state index is 12.3. The van der Waals surface area contributed by atoms with Crippen LogP contribution in [0.25, 0.3) is 0 Å². The summed E-state index contributed by atoms with van der Waals surface area (Å²) in [5.41, 5.74) is 5.80. The van der Waals surface area contributed by atoms with E-state index in [2.05, 4.69) is 0 Å². The highest BCUT2D eigenvalue weighted by Gasteiger charge is 2.43. The Hall–Kier alpha value is -0.570. The third-order valence-corrected chi connectivity index (χ3v) is 3.92. The lowest BCUT2D eigenvalue weighted by molar-refractivity contribution is 0.0636. The Morgan fingerprint density at radius 3 is 2.56 bits per heavy atom. The van der Waals surface area contributed by atoms with E-state index in [4.69, 9.17) is 28.9 Å². The molecule has 0 spiro atoms. The van der Waals surface area contributed by atoms with E-state index in [0.717, 1.165) is 19.3 Å². The van der Waals surface area contributed by atoms with E-state index < -0.39 is 5.41 Å². The molecule has 0 heterocycles. The number of nitrogens with two attached hydrogens (primary N) is 1. The van der Waals surface area contributed by atoms with E-state index in [-0.39, 0.29) is 5.78 Å². The van der Waals surface area contributed by atoms with Crippen LogP contribution in [0.1, 0.15) is 29.6 Å². The Balaban J connectivity index is 2.37. The summed E-state index contributed by atoms with van der Waals surface area (Å²) >= 11 is 11.9. The van der Waals surface area contributed by atoms with Gasteiger partial charge >= 0.3 is 0 Å². The van der Waals surface area contributed by atoms with Crippen molar-refractivity contribution in [3.63, 3.8) is 0 Å². The molecule has 0 bridgehead atoms. The quantitative estimate of drug-likeness (QED) is 0.845. The third-order valence-electron chi connectivity index (χ3n) is 3.36. The second kappa shape index (κ2) is 4.36. The highest BCUT2D eigenvalue weighted by molar-refractivity contribution is 6.36. The predicted molar refractivity (Wildman–Crippen MR) is 66.1 cm³/mol. The Morgan fingerprint density at radius 1 is 1.38 bits per heavy atom. The second-order valence-corrected chi connectivity index (χ2v) is 5.13. The van der Waals surface area contributed by atoms with Crippen LogP contribution in [0.5, 0.6) is 0 Å². The van der Waals surface area contributed by atoms with Crippen molar-refractivity contribution in [2.24, 2.45) is 11.1 Å². The molecular formula is C12H13Cl2NO. The van der Waals surface area contributed by atoms with Gasteiger partial charge in [0, 0.05) is 22.5 Å². The minimum atomic E-state index is -0.395. The molecule has 1 fully saturated rings. The Kier molecular flexibility index (Phi) is 3.24. The Labute approximate surface area is 105 Å². The number of carbonyl (C=O) groups excluding carboxylic acids is 1. The van der Waals surface area contributed by atoms with Crippen molar-refractivity contribution in [3.05, 3.63) is 33.8 Å². The molecule has 0 radical (unpaired) electrons. The number of Topliss-reactive ketones (excluding diaryl/α,β-unsaturated/α-hetero) is 1. The van der Waals surface area contributed by atoms with Crippen molar-refractivity contribution < 1.29 is 4.79 Å². The van der Waals surface area contributed by atoms with Crippen LogP contribution in [-0.4, -0.2) is 12.3 Å². The number of hydrogen-bond donors (Lipinski definition) is 1. The molecule has 86 valence electrons. The maximum atomic E-state index is 12.3. The highest BCUT2D eigenvalue weighted by atomic mass is 35.5. The molecule has 1 aliphatic carbocycles. The average molecular weight is 258 g/mol. The van der Waals surface area contributed by atoms with Crippen molar-refractivity contribution in [1.29, 1.82) is 0 Å². The lowest BCUT2D eigenvalue weighted by Crippen LogP contribution is -2.44. The van der Waals surface area contributed by atoms with Gasteiger partial charge in [0.15, 0.2) is 5.78 Å². The number of hydrogen-bond acceptors (Lipinski definition) is 2. The second-order valence-electron chi connectivity index (χ2n) is 4.29. The van der Waals surface area contributed by atoms with Crippen LogP contribution in [0.4, 0.5) is 0 Å². The molecule has 2 N–H and O–H groups in total. The monoisotopic (exact) mass is 257 g/mol. The molecule has 1 aromatic carbocycles. The number of benzene rings is 1. The lowest BCUT2D eigenvalue weighted by atomic mass is 9.64. The van der Waals surface area contributed by atoms with Crippen LogP contribution >= 0.6 is 23.2 Å². The Bertz CT molecular complexity index is 422. The van der Waals surface area contributed by atoms with E-state index in [0.29, 0.717) is 22.2 Å². The number of ketones is 1. The molecule has 0 amide bonds. The zero-order valence-electron chi connectivity index (χ0n) is 8.80. The fourth-order valence-electron chi connectivity index (χ4n) is 2.08. The molecule has 2 nitrogen and oxygen atoms in total. The van der Waals surface area contributed by atoms with Gasteiger partial charge in [-0.25, -0.2) is 0 Å². The summed E-state index contributed by atoms with van der Waals surface area (Å²) in [7, 11) is 0. The summed E-state index contributed by atoms with van der Waals surface area (Å²) in [5.74, 6) is 0.0359. The van der Waals surface area contributed by atoms with Crippen molar-refractivity contribution in [2.75, 3.05) is 6.54 Å². The van der Waals surface area contributed by atoms with Gasteiger partial charge in [0.1, 0.15) is 0 Å². The first-order chi connectivity index (χ1) is 7.59. The standard InChI is InChI=1S/C12H13Cl2NO/c13-8-2-3-10(14)9(6-8)11(16)12(7-15)4-1-5-12/h2-3,6H,1,4-5,7,15H2. The zero-order valence-corrected chi connectivity index (χ0v) is 10.3. The molecular weight excluding hydrogens is 245 g/mol. The summed E-state index contributed by atoms with van der Waals surface area (Å²) in [6.45, 7) is 0.384. The molecule has 0 unspecified atom stereocenters. The van der Waals surface area contributed by atoms with E-state index in [1.807, 2.05) is 0 Å². The lowest BCUT2D eigenvalue weighted by Gasteiger charge is -2.39.